The summed E-state index contributed by atoms with van der Waals surface area (Å²) in [7, 11) is 0. The van der Waals surface area contributed by atoms with Crippen LogP contribution in [0.5, 0.6) is 0 Å². The van der Waals surface area contributed by atoms with Crippen molar-refractivity contribution in [3.8, 4) is 11.4 Å². The third-order valence-corrected chi connectivity index (χ3v) is 2.74. The molecule has 1 aromatic heterocycles. The SMILES string of the molecule is Cc1cc(F)cc(-c2nc(C)cc(CC(C)N)n2)c1. The zero-order valence-electron chi connectivity index (χ0n) is 11.4. The molecule has 0 aliphatic heterocycles. The van der Waals surface area contributed by atoms with Gasteiger partial charge in [-0.3, -0.25) is 0 Å². The first-order valence-electron chi connectivity index (χ1n) is 6.32. The first-order valence-corrected chi connectivity index (χ1v) is 6.32. The van der Waals surface area contributed by atoms with Gasteiger partial charge in [0.2, 0.25) is 0 Å². The van der Waals surface area contributed by atoms with Gasteiger partial charge in [-0.1, -0.05) is 0 Å². The number of nitrogens with two attached hydrogens (primary N) is 1. The minimum Gasteiger partial charge on any atom is -0.328 e. The highest BCUT2D eigenvalue weighted by atomic mass is 19.1. The molecule has 19 heavy (non-hydrogen) atoms. The minimum absolute atomic E-state index is 0.0383. The molecule has 1 atom stereocenters. The Labute approximate surface area is 112 Å². The van der Waals surface area contributed by atoms with Crippen LogP contribution in [0, 0.1) is 19.7 Å². The van der Waals surface area contributed by atoms with Crippen LogP contribution in [0.3, 0.4) is 0 Å². The Kier molecular flexibility index (Phi) is 3.90. The molecular weight excluding hydrogens is 241 g/mol. The summed E-state index contributed by atoms with van der Waals surface area (Å²) >= 11 is 0. The van der Waals surface area contributed by atoms with Gasteiger partial charge in [0, 0.05) is 29.4 Å². The second kappa shape index (κ2) is 5.45. The molecule has 1 aromatic carbocycles. The largest absolute Gasteiger partial charge is 0.328 e. The molecule has 0 spiro atoms. The molecule has 0 saturated carbocycles. The average molecular weight is 259 g/mol. The van der Waals surface area contributed by atoms with Crippen LogP contribution in [0.4, 0.5) is 4.39 Å². The van der Waals surface area contributed by atoms with E-state index in [1.165, 1.54) is 12.1 Å². The van der Waals surface area contributed by atoms with Crippen LogP contribution in [-0.4, -0.2) is 16.0 Å². The monoisotopic (exact) mass is 259 g/mol. The number of benzene rings is 1. The van der Waals surface area contributed by atoms with E-state index in [9.17, 15) is 4.39 Å². The highest BCUT2D eigenvalue weighted by molar-refractivity contribution is 5.56. The number of aryl methyl sites for hydroxylation is 2. The number of hydrogen-bond acceptors (Lipinski definition) is 3. The quantitative estimate of drug-likeness (QED) is 0.922. The van der Waals surface area contributed by atoms with Crippen LogP contribution in [0.15, 0.2) is 24.3 Å². The summed E-state index contributed by atoms with van der Waals surface area (Å²) in [6.45, 7) is 5.69. The molecule has 100 valence electrons. The van der Waals surface area contributed by atoms with Crippen LogP contribution >= 0.6 is 0 Å². The second-order valence-electron chi connectivity index (χ2n) is 5.02. The van der Waals surface area contributed by atoms with Gasteiger partial charge in [-0.05, 0) is 50.6 Å². The van der Waals surface area contributed by atoms with Crippen molar-refractivity contribution >= 4 is 0 Å². The zero-order valence-corrected chi connectivity index (χ0v) is 11.4. The molecule has 0 aliphatic carbocycles. The smallest absolute Gasteiger partial charge is 0.159 e. The highest BCUT2D eigenvalue weighted by Crippen LogP contribution is 2.19. The zero-order chi connectivity index (χ0) is 14.0. The van der Waals surface area contributed by atoms with Crippen LogP contribution in [0.2, 0.25) is 0 Å². The highest BCUT2D eigenvalue weighted by Gasteiger charge is 2.08. The first kappa shape index (κ1) is 13.6. The van der Waals surface area contributed by atoms with Crippen molar-refractivity contribution in [2.75, 3.05) is 0 Å². The van der Waals surface area contributed by atoms with E-state index in [0.29, 0.717) is 17.8 Å². The molecule has 1 heterocycles. The molecule has 0 fully saturated rings. The fourth-order valence-corrected chi connectivity index (χ4v) is 2.06. The van der Waals surface area contributed by atoms with Crippen molar-refractivity contribution < 1.29 is 4.39 Å². The standard InChI is InChI=1S/C15H18FN3/c1-9-4-12(8-13(16)5-9)15-18-11(3)7-14(19-15)6-10(2)17/h4-5,7-8,10H,6,17H2,1-3H3. The van der Waals surface area contributed by atoms with E-state index in [-0.39, 0.29) is 11.9 Å². The normalized spacial score (nSPS) is 12.5. The van der Waals surface area contributed by atoms with E-state index < -0.39 is 0 Å². The number of aromatic nitrogens is 2. The Morgan fingerprint density at radius 2 is 1.89 bits per heavy atom. The predicted molar refractivity (Wildman–Crippen MR) is 74.3 cm³/mol. The molecule has 0 bridgehead atoms. The third-order valence-electron chi connectivity index (χ3n) is 2.74. The molecule has 2 aromatic rings. The van der Waals surface area contributed by atoms with Gasteiger partial charge in [-0.2, -0.15) is 0 Å². The van der Waals surface area contributed by atoms with Crippen molar-refractivity contribution in [1.82, 2.24) is 9.97 Å². The van der Waals surface area contributed by atoms with E-state index in [4.69, 9.17) is 5.73 Å². The Morgan fingerprint density at radius 3 is 2.53 bits per heavy atom. The van der Waals surface area contributed by atoms with Gasteiger partial charge in [-0.25, -0.2) is 14.4 Å². The number of rotatable bonds is 3. The van der Waals surface area contributed by atoms with E-state index in [1.807, 2.05) is 32.9 Å². The first-order chi connectivity index (χ1) is 8.94. The summed E-state index contributed by atoms with van der Waals surface area (Å²) in [5, 5.41) is 0. The summed E-state index contributed by atoms with van der Waals surface area (Å²) in [6, 6.07) is 6.78. The van der Waals surface area contributed by atoms with E-state index >= 15 is 0 Å². The van der Waals surface area contributed by atoms with E-state index in [1.54, 1.807) is 0 Å². The van der Waals surface area contributed by atoms with Crippen LogP contribution in [-0.2, 0) is 6.42 Å². The molecule has 2 N–H and O–H groups in total. The summed E-state index contributed by atoms with van der Waals surface area (Å²) in [6.07, 6.45) is 0.685. The lowest BCUT2D eigenvalue weighted by molar-refractivity contribution is 0.627. The van der Waals surface area contributed by atoms with Crippen molar-refractivity contribution in [3.05, 3.63) is 47.0 Å². The van der Waals surface area contributed by atoms with Gasteiger partial charge in [0.15, 0.2) is 5.82 Å². The van der Waals surface area contributed by atoms with Gasteiger partial charge in [0.25, 0.3) is 0 Å². The third kappa shape index (κ3) is 3.58. The topological polar surface area (TPSA) is 51.8 Å². The number of halogens is 1. The maximum absolute atomic E-state index is 13.4. The predicted octanol–water partition coefficient (Wildman–Crippen LogP) is 2.79. The molecule has 0 amide bonds. The minimum atomic E-state index is -0.270. The van der Waals surface area contributed by atoms with Gasteiger partial charge in [0.1, 0.15) is 5.82 Å². The molecule has 1 unspecified atom stereocenters. The molecule has 2 rings (SSSR count). The molecular formula is C15H18FN3. The van der Waals surface area contributed by atoms with Crippen molar-refractivity contribution in [1.29, 1.82) is 0 Å². The average Bonchev–Trinajstić information content (AvgIpc) is 2.25. The van der Waals surface area contributed by atoms with Gasteiger partial charge in [0.05, 0.1) is 0 Å². The fraction of sp³-hybridized carbons (Fsp3) is 0.333. The lowest BCUT2D eigenvalue weighted by atomic mass is 10.1. The Hall–Kier alpha value is -1.81. The lowest BCUT2D eigenvalue weighted by Gasteiger charge is -2.09. The lowest BCUT2D eigenvalue weighted by Crippen LogP contribution is -2.19. The summed E-state index contributed by atoms with van der Waals surface area (Å²) in [5.41, 5.74) is 9.10. The maximum atomic E-state index is 13.4. The van der Waals surface area contributed by atoms with Crippen molar-refractivity contribution in [3.63, 3.8) is 0 Å². The fourth-order valence-electron chi connectivity index (χ4n) is 2.06. The maximum Gasteiger partial charge on any atom is 0.159 e. The Morgan fingerprint density at radius 1 is 1.16 bits per heavy atom. The van der Waals surface area contributed by atoms with E-state index in [2.05, 4.69) is 9.97 Å². The van der Waals surface area contributed by atoms with Crippen molar-refractivity contribution in [2.45, 2.75) is 33.2 Å². The Balaban J connectivity index is 2.46. The van der Waals surface area contributed by atoms with Gasteiger partial charge < -0.3 is 5.73 Å². The molecule has 3 nitrogen and oxygen atoms in total. The van der Waals surface area contributed by atoms with Crippen LogP contribution in [0.1, 0.15) is 23.9 Å². The molecule has 4 heteroatoms. The van der Waals surface area contributed by atoms with Crippen LogP contribution in [0.25, 0.3) is 11.4 Å². The molecule has 0 radical (unpaired) electrons. The van der Waals surface area contributed by atoms with Crippen molar-refractivity contribution in [2.24, 2.45) is 5.73 Å². The van der Waals surface area contributed by atoms with E-state index in [0.717, 1.165) is 17.0 Å². The van der Waals surface area contributed by atoms with Crippen LogP contribution < -0.4 is 5.73 Å². The second-order valence-corrected chi connectivity index (χ2v) is 5.02. The summed E-state index contributed by atoms with van der Waals surface area (Å²) in [5.74, 6) is 0.284. The molecule has 0 saturated heterocycles. The summed E-state index contributed by atoms with van der Waals surface area (Å²) in [4.78, 5) is 8.84. The number of hydrogen-bond donors (Lipinski definition) is 1. The van der Waals surface area contributed by atoms with Gasteiger partial charge >= 0.3 is 0 Å². The van der Waals surface area contributed by atoms with Gasteiger partial charge in [-0.15, -0.1) is 0 Å². The molecule has 0 aliphatic rings. The summed E-state index contributed by atoms with van der Waals surface area (Å²) < 4.78 is 13.4. The number of nitrogens with zero attached hydrogens (tertiary/aromatic N) is 2. The Bertz CT molecular complexity index is 574.